The third-order valence-corrected chi connectivity index (χ3v) is 5.03. The highest BCUT2D eigenvalue weighted by Crippen LogP contribution is 2.35. The van der Waals surface area contributed by atoms with E-state index in [1.807, 2.05) is 54.8 Å². The molecule has 0 bridgehead atoms. The van der Waals surface area contributed by atoms with Crippen molar-refractivity contribution in [1.82, 2.24) is 0 Å². The molecule has 144 valence electrons. The van der Waals surface area contributed by atoms with Crippen molar-refractivity contribution in [3.63, 3.8) is 0 Å². The minimum Gasteiger partial charge on any atom is -0.494 e. The van der Waals surface area contributed by atoms with Gasteiger partial charge < -0.3 is 24.3 Å². The number of fused-ring (bicyclic) bond motifs is 1. The molecule has 1 N–H and O–H groups in total. The van der Waals surface area contributed by atoms with Gasteiger partial charge in [0.15, 0.2) is 11.5 Å². The summed E-state index contributed by atoms with van der Waals surface area (Å²) in [5.41, 5.74) is 1.65. The van der Waals surface area contributed by atoms with Gasteiger partial charge in [0.25, 0.3) is 5.91 Å². The summed E-state index contributed by atoms with van der Waals surface area (Å²) in [4.78, 5) is 13.1. The summed E-state index contributed by atoms with van der Waals surface area (Å²) in [6.07, 6.45) is 0. The number of rotatable bonds is 7. The maximum Gasteiger partial charge on any atom is 0.265 e. The van der Waals surface area contributed by atoms with Gasteiger partial charge in [-0.25, -0.2) is 0 Å². The van der Waals surface area contributed by atoms with Crippen molar-refractivity contribution in [3.05, 3.63) is 64.4 Å². The molecule has 0 spiro atoms. The predicted molar refractivity (Wildman–Crippen MR) is 107 cm³/mol. The van der Waals surface area contributed by atoms with Gasteiger partial charge in [0.2, 0.25) is 6.79 Å². The van der Waals surface area contributed by atoms with Crippen LogP contribution in [0.3, 0.4) is 0 Å². The normalized spacial score (nSPS) is 11.9. The van der Waals surface area contributed by atoms with Crippen LogP contribution in [-0.2, 0) is 6.61 Å². The second-order valence-corrected chi connectivity index (χ2v) is 6.95. The third kappa shape index (κ3) is 4.20. The molecule has 6 nitrogen and oxygen atoms in total. The number of hydrogen-bond donors (Lipinski definition) is 1. The molecule has 0 aliphatic carbocycles. The minimum absolute atomic E-state index is 0.150. The van der Waals surface area contributed by atoms with Gasteiger partial charge >= 0.3 is 0 Å². The van der Waals surface area contributed by atoms with Gasteiger partial charge in [-0.15, -0.1) is 11.3 Å². The largest absolute Gasteiger partial charge is 0.494 e. The summed E-state index contributed by atoms with van der Waals surface area (Å²) in [6, 6.07) is 14.6. The van der Waals surface area contributed by atoms with E-state index >= 15 is 0 Å². The smallest absolute Gasteiger partial charge is 0.265 e. The molecule has 0 saturated heterocycles. The van der Waals surface area contributed by atoms with Gasteiger partial charge in [-0.3, -0.25) is 4.79 Å². The van der Waals surface area contributed by atoms with E-state index in [1.165, 1.54) is 11.3 Å². The van der Waals surface area contributed by atoms with Gasteiger partial charge in [0.1, 0.15) is 18.1 Å². The molecule has 3 aromatic rings. The molecule has 28 heavy (non-hydrogen) atoms. The SMILES string of the molecule is CCOc1ccc(NC(=O)c2cc(COc3ccc4c(c3)OCO4)cs2)cc1. The highest BCUT2D eigenvalue weighted by atomic mass is 32.1. The number of nitrogens with one attached hydrogen (secondary N) is 1. The lowest BCUT2D eigenvalue weighted by Gasteiger charge is -2.06. The maximum absolute atomic E-state index is 12.4. The summed E-state index contributed by atoms with van der Waals surface area (Å²) in [7, 11) is 0. The first kappa shape index (κ1) is 18.2. The van der Waals surface area contributed by atoms with Crippen LogP contribution in [0.25, 0.3) is 0 Å². The van der Waals surface area contributed by atoms with Crippen LogP contribution in [0.4, 0.5) is 5.69 Å². The Hall–Kier alpha value is -3.19. The zero-order chi connectivity index (χ0) is 19.3. The number of anilines is 1. The number of hydrogen-bond acceptors (Lipinski definition) is 6. The number of ether oxygens (including phenoxy) is 4. The topological polar surface area (TPSA) is 66.0 Å². The average Bonchev–Trinajstić information content (AvgIpc) is 3.37. The molecular weight excluding hydrogens is 378 g/mol. The van der Waals surface area contributed by atoms with E-state index in [2.05, 4.69) is 5.32 Å². The van der Waals surface area contributed by atoms with Crippen molar-refractivity contribution in [2.45, 2.75) is 13.5 Å². The summed E-state index contributed by atoms with van der Waals surface area (Å²) in [5, 5.41) is 4.80. The molecule has 2 aromatic carbocycles. The van der Waals surface area contributed by atoms with Crippen LogP contribution < -0.4 is 24.3 Å². The fourth-order valence-corrected chi connectivity index (χ4v) is 3.49. The number of benzene rings is 2. The molecule has 0 atom stereocenters. The molecule has 1 aliphatic rings. The molecule has 1 aromatic heterocycles. The van der Waals surface area contributed by atoms with Crippen LogP contribution in [0, 0.1) is 0 Å². The zero-order valence-corrected chi connectivity index (χ0v) is 16.1. The Kier molecular flexibility index (Phi) is 5.34. The van der Waals surface area contributed by atoms with Crippen LogP contribution in [0.5, 0.6) is 23.0 Å². The van der Waals surface area contributed by atoms with Crippen molar-refractivity contribution in [3.8, 4) is 23.0 Å². The number of carbonyl (C=O) groups excluding carboxylic acids is 1. The van der Waals surface area contributed by atoms with Crippen LogP contribution in [0.1, 0.15) is 22.2 Å². The average molecular weight is 397 g/mol. The molecular formula is C21H19NO5S. The molecule has 0 saturated carbocycles. The number of carbonyl (C=O) groups is 1. The molecule has 7 heteroatoms. The van der Waals surface area contributed by atoms with Crippen molar-refractivity contribution in [2.24, 2.45) is 0 Å². The van der Waals surface area contributed by atoms with Crippen molar-refractivity contribution in [2.75, 3.05) is 18.7 Å². The van der Waals surface area contributed by atoms with Crippen molar-refractivity contribution >= 4 is 22.9 Å². The standard InChI is InChI=1S/C21H19NO5S/c1-2-24-16-5-3-15(4-6-16)22-21(23)20-9-14(12-28-20)11-25-17-7-8-18-19(10-17)27-13-26-18/h3-10,12H,2,11,13H2,1H3,(H,22,23). The van der Waals surface area contributed by atoms with Crippen LogP contribution in [0.15, 0.2) is 53.9 Å². The van der Waals surface area contributed by atoms with Crippen molar-refractivity contribution < 1.29 is 23.7 Å². The predicted octanol–water partition coefficient (Wildman–Crippen LogP) is 4.71. The highest BCUT2D eigenvalue weighted by Gasteiger charge is 2.14. The fraction of sp³-hybridized carbons (Fsp3) is 0.190. The van der Waals surface area contributed by atoms with Crippen molar-refractivity contribution in [1.29, 1.82) is 0 Å². The van der Waals surface area contributed by atoms with E-state index in [1.54, 1.807) is 6.07 Å². The molecule has 2 heterocycles. The number of thiophene rings is 1. The van der Waals surface area contributed by atoms with Gasteiger partial charge in [0, 0.05) is 17.3 Å². The Morgan fingerprint density at radius 1 is 1.04 bits per heavy atom. The van der Waals surface area contributed by atoms with E-state index in [4.69, 9.17) is 18.9 Å². The maximum atomic E-state index is 12.4. The first-order valence-electron chi connectivity index (χ1n) is 8.85. The monoisotopic (exact) mass is 397 g/mol. The molecule has 1 aliphatic heterocycles. The Morgan fingerprint density at radius 3 is 2.64 bits per heavy atom. The van der Waals surface area contributed by atoms with Crippen LogP contribution in [-0.4, -0.2) is 19.3 Å². The number of amides is 1. The molecule has 0 unspecified atom stereocenters. The first-order chi connectivity index (χ1) is 13.7. The van der Waals surface area contributed by atoms with Crippen LogP contribution >= 0.6 is 11.3 Å². The summed E-state index contributed by atoms with van der Waals surface area (Å²) in [5.74, 6) is 2.72. The van der Waals surface area contributed by atoms with E-state index in [9.17, 15) is 4.79 Å². The zero-order valence-electron chi connectivity index (χ0n) is 15.3. The second kappa shape index (κ2) is 8.22. The van der Waals surface area contributed by atoms with Gasteiger partial charge in [-0.1, -0.05) is 0 Å². The Morgan fingerprint density at radius 2 is 1.82 bits per heavy atom. The Balaban J connectivity index is 1.33. The van der Waals surface area contributed by atoms with Crippen LogP contribution in [0.2, 0.25) is 0 Å². The van der Waals surface area contributed by atoms with Gasteiger partial charge in [0.05, 0.1) is 11.5 Å². The summed E-state index contributed by atoms with van der Waals surface area (Å²) in [6.45, 7) is 3.14. The quantitative estimate of drug-likeness (QED) is 0.626. The lowest BCUT2D eigenvalue weighted by atomic mass is 10.2. The second-order valence-electron chi connectivity index (χ2n) is 6.03. The minimum atomic E-state index is -0.150. The van der Waals surface area contributed by atoms with E-state index in [-0.39, 0.29) is 12.7 Å². The lowest BCUT2D eigenvalue weighted by molar-refractivity contribution is 0.103. The van der Waals surface area contributed by atoms with E-state index in [0.29, 0.717) is 29.6 Å². The lowest BCUT2D eigenvalue weighted by Crippen LogP contribution is -2.10. The van der Waals surface area contributed by atoms with Gasteiger partial charge in [-0.2, -0.15) is 0 Å². The molecule has 0 fully saturated rings. The summed E-state index contributed by atoms with van der Waals surface area (Å²) < 4.78 is 21.8. The van der Waals surface area contributed by atoms with Gasteiger partial charge in [-0.05, 0) is 54.8 Å². The molecule has 0 radical (unpaired) electrons. The highest BCUT2D eigenvalue weighted by molar-refractivity contribution is 7.12. The first-order valence-corrected chi connectivity index (χ1v) is 9.73. The third-order valence-electron chi connectivity index (χ3n) is 4.05. The Bertz CT molecular complexity index is 967. The summed E-state index contributed by atoms with van der Waals surface area (Å²) >= 11 is 1.38. The Labute approximate surface area is 166 Å². The van der Waals surface area contributed by atoms with E-state index in [0.717, 1.165) is 22.7 Å². The fourth-order valence-electron chi connectivity index (χ4n) is 2.70. The van der Waals surface area contributed by atoms with E-state index < -0.39 is 0 Å². The molecule has 1 amide bonds. The molecule has 4 rings (SSSR count).